The average Bonchev–Trinajstić information content (AvgIpc) is 2.66. The average molecular weight is 855 g/mol. The van der Waals surface area contributed by atoms with Gasteiger partial charge in [0.2, 0.25) is 0 Å². The molecule has 28 heavy (non-hydrogen) atoms. The van der Waals surface area contributed by atoms with Crippen molar-refractivity contribution in [3.63, 3.8) is 0 Å². The molecule has 10 heteroatoms. The second kappa shape index (κ2) is 13.3. The Hall–Kier alpha value is 1.75. The van der Waals surface area contributed by atoms with E-state index in [1.807, 2.05) is 6.07 Å². The molecule has 2 rings (SSSR count). The highest BCUT2D eigenvalue weighted by molar-refractivity contribution is 9.12. The van der Waals surface area contributed by atoms with Gasteiger partial charge in [-0.2, -0.15) is 0 Å². The molecule has 0 N–H and O–H groups in total. The number of rotatable bonds is 10. The minimum absolute atomic E-state index is 0.257. The highest BCUT2D eigenvalue weighted by Gasteiger charge is 2.13. The molecular formula is C18H15Br7O2S. The van der Waals surface area contributed by atoms with Crippen molar-refractivity contribution in [2.75, 3.05) is 23.9 Å². The molecule has 0 radical (unpaired) electrons. The lowest BCUT2D eigenvalue weighted by molar-refractivity contribution is 0.321. The van der Waals surface area contributed by atoms with E-state index >= 15 is 0 Å². The van der Waals surface area contributed by atoms with E-state index in [0.29, 0.717) is 13.2 Å². The van der Waals surface area contributed by atoms with Gasteiger partial charge in [-0.25, -0.2) is 0 Å². The van der Waals surface area contributed by atoms with Crippen molar-refractivity contribution in [3.8, 4) is 11.5 Å². The quantitative estimate of drug-likeness (QED) is 0.222. The fourth-order valence-corrected chi connectivity index (χ4v) is 5.91. The van der Waals surface area contributed by atoms with Crippen LogP contribution in [0.5, 0.6) is 11.5 Å². The largest absolute Gasteiger partial charge is 0.491 e. The number of hydrogen-bond donors (Lipinski definition) is 0. The summed E-state index contributed by atoms with van der Waals surface area (Å²) in [5, 5.41) is 1.67. The van der Waals surface area contributed by atoms with Crippen LogP contribution in [-0.2, 0) is 0 Å². The minimum atomic E-state index is 0.257. The summed E-state index contributed by atoms with van der Waals surface area (Å²) in [6, 6.07) is 10.2. The second-order valence-corrected chi connectivity index (χ2v) is 13.1. The van der Waals surface area contributed by atoms with Gasteiger partial charge < -0.3 is 9.47 Å². The third-order valence-electron chi connectivity index (χ3n) is 3.27. The monoisotopic (exact) mass is 848 g/mol. The first-order valence-corrected chi connectivity index (χ1v) is 15.2. The molecule has 0 saturated heterocycles. The minimum Gasteiger partial charge on any atom is -0.491 e. The van der Waals surface area contributed by atoms with E-state index in [1.54, 1.807) is 11.8 Å². The van der Waals surface area contributed by atoms with Gasteiger partial charge in [-0.1, -0.05) is 75.5 Å². The Kier molecular flexibility index (Phi) is 12.4. The second-order valence-electron chi connectivity index (χ2n) is 5.54. The summed E-state index contributed by atoms with van der Waals surface area (Å²) >= 11 is 26.5. The zero-order valence-electron chi connectivity index (χ0n) is 14.2. The Morgan fingerprint density at radius 2 is 1.29 bits per heavy atom. The highest BCUT2D eigenvalue weighted by atomic mass is 79.9. The predicted molar refractivity (Wildman–Crippen MR) is 144 cm³/mol. The first-order valence-electron chi connectivity index (χ1n) is 7.96. The molecule has 0 aliphatic heterocycles. The Bertz CT molecular complexity index is 768. The smallest absolute Gasteiger partial charge is 0.147 e. The summed E-state index contributed by atoms with van der Waals surface area (Å²) < 4.78 is 14.5. The SMILES string of the molecule is BrCC(Br)COc1ccc(Sc2cc(Br)c(OCC(Br)CBr)c(Br)c2)cc1Br. The lowest BCUT2D eigenvalue weighted by Crippen LogP contribution is -2.12. The molecule has 0 fully saturated rings. The molecule has 2 aromatic carbocycles. The number of benzene rings is 2. The van der Waals surface area contributed by atoms with E-state index in [4.69, 9.17) is 9.47 Å². The molecule has 2 unspecified atom stereocenters. The van der Waals surface area contributed by atoms with Gasteiger partial charge in [0, 0.05) is 20.5 Å². The fraction of sp³-hybridized carbons (Fsp3) is 0.333. The first-order chi connectivity index (χ1) is 13.3. The maximum atomic E-state index is 5.90. The van der Waals surface area contributed by atoms with Gasteiger partial charge in [-0.05, 0) is 78.1 Å². The van der Waals surface area contributed by atoms with Crippen molar-refractivity contribution in [3.05, 3.63) is 43.7 Å². The van der Waals surface area contributed by atoms with Crippen LogP contribution in [0.1, 0.15) is 0 Å². The number of alkyl halides is 4. The van der Waals surface area contributed by atoms with Crippen LogP contribution in [0.3, 0.4) is 0 Å². The van der Waals surface area contributed by atoms with Crippen LogP contribution in [0, 0.1) is 0 Å². The Morgan fingerprint density at radius 3 is 1.82 bits per heavy atom. The van der Waals surface area contributed by atoms with Crippen LogP contribution < -0.4 is 9.47 Å². The third kappa shape index (κ3) is 8.36. The fourth-order valence-electron chi connectivity index (χ4n) is 1.97. The summed E-state index contributed by atoms with van der Waals surface area (Å²) in [5.74, 6) is 1.63. The predicted octanol–water partition coefficient (Wildman–Crippen LogP) is 9.20. The summed E-state index contributed by atoms with van der Waals surface area (Å²) in [7, 11) is 0. The maximum Gasteiger partial charge on any atom is 0.147 e. The molecule has 0 amide bonds. The lowest BCUT2D eigenvalue weighted by Gasteiger charge is -2.14. The van der Waals surface area contributed by atoms with E-state index in [0.717, 1.165) is 45.4 Å². The topological polar surface area (TPSA) is 18.5 Å². The molecule has 154 valence electrons. The summed E-state index contributed by atoms with van der Waals surface area (Å²) in [4.78, 5) is 2.75. The normalized spacial score (nSPS) is 13.2. The van der Waals surface area contributed by atoms with E-state index in [-0.39, 0.29) is 9.65 Å². The van der Waals surface area contributed by atoms with Gasteiger partial charge in [0.05, 0.1) is 23.1 Å². The van der Waals surface area contributed by atoms with E-state index in [9.17, 15) is 0 Å². The Labute approximate surface area is 228 Å². The third-order valence-corrected chi connectivity index (χ3v) is 10.5. The lowest BCUT2D eigenvalue weighted by atomic mass is 10.3. The summed E-state index contributed by atoms with van der Waals surface area (Å²) in [6.07, 6.45) is 0. The molecular weight excluding hydrogens is 840 g/mol. The van der Waals surface area contributed by atoms with Gasteiger partial charge in [0.1, 0.15) is 24.7 Å². The van der Waals surface area contributed by atoms with Gasteiger partial charge in [0.25, 0.3) is 0 Å². The van der Waals surface area contributed by atoms with Crippen molar-refractivity contribution in [1.82, 2.24) is 0 Å². The van der Waals surface area contributed by atoms with E-state index in [1.165, 1.54) is 0 Å². The van der Waals surface area contributed by atoms with Crippen molar-refractivity contribution in [1.29, 1.82) is 0 Å². The molecule has 2 nitrogen and oxygen atoms in total. The Morgan fingerprint density at radius 1 is 0.750 bits per heavy atom. The molecule has 0 spiro atoms. The maximum absolute atomic E-state index is 5.90. The van der Waals surface area contributed by atoms with Gasteiger partial charge in [0.15, 0.2) is 0 Å². The molecule has 2 aromatic rings. The summed E-state index contributed by atoms with van der Waals surface area (Å²) in [6.45, 7) is 1.18. The molecule has 0 saturated carbocycles. The highest BCUT2D eigenvalue weighted by Crippen LogP contribution is 2.41. The molecule has 0 bridgehead atoms. The van der Waals surface area contributed by atoms with E-state index in [2.05, 4.69) is 136 Å². The molecule has 0 aliphatic carbocycles. The van der Waals surface area contributed by atoms with Crippen molar-refractivity contribution >= 4 is 123 Å². The zero-order valence-corrected chi connectivity index (χ0v) is 26.2. The van der Waals surface area contributed by atoms with Crippen LogP contribution in [-0.4, -0.2) is 33.5 Å². The van der Waals surface area contributed by atoms with Crippen molar-refractivity contribution in [2.45, 2.75) is 19.4 Å². The molecule has 2 atom stereocenters. The number of ether oxygens (including phenoxy) is 2. The molecule has 0 aromatic heterocycles. The van der Waals surface area contributed by atoms with Crippen molar-refractivity contribution < 1.29 is 9.47 Å². The van der Waals surface area contributed by atoms with E-state index < -0.39 is 0 Å². The Balaban J connectivity index is 2.07. The zero-order chi connectivity index (χ0) is 20.7. The van der Waals surface area contributed by atoms with Crippen molar-refractivity contribution in [2.24, 2.45) is 0 Å². The molecule has 0 aliphatic rings. The molecule has 0 heterocycles. The van der Waals surface area contributed by atoms with Crippen LogP contribution in [0.25, 0.3) is 0 Å². The van der Waals surface area contributed by atoms with Crippen LogP contribution in [0.15, 0.2) is 53.5 Å². The standard InChI is InChI=1S/C18H15Br7O2S/c19-6-10(21)8-26-17-2-1-12(3-14(17)23)28-13-4-15(24)18(16(25)5-13)27-9-11(22)7-20/h1-5,10-11H,6-9H2. The van der Waals surface area contributed by atoms with Gasteiger partial charge >= 0.3 is 0 Å². The van der Waals surface area contributed by atoms with Crippen LogP contribution in [0.2, 0.25) is 0 Å². The van der Waals surface area contributed by atoms with Gasteiger partial charge in [-0.3, -0.25) is 0 Å². The number of hydrogen-bond acceptors (Lipinski definition) is 3. The van der Waals surface area contributed by atoms with Crippen LogP contribution >= 0.6 is 123 Å². The van der Waals surface area contributed by atoms with Gasteiger partial charge in [-0.15, -0.1) is 0 Å². The number of halogens is 7. The van der Waals surface area contributed by atoms with Crippen LogP contribution in [0.4, 0.5) is 0 Å². The summed E-state index contributed by atoms with van der Waals surface area (Å²) in [5.41, 5.74) is 0. The first kappa shape index (κ1) is 26.0.